The van der Waals surface area contributed by atoms with Crippen LogP contribution >= 0.6 is 0 Å². The summed E-state index contributed by atoms with van der Waals surface area (Å²) in [5, 5.41) is 0. The first-order valence-corrected chi connectivity index (χ1v) is 9.24. The maximum absolute atomic E-state index is 3.90. The van der Waals surface area contributed by atoms with Crippen LogP contribution < -0.4 is 0 Å². The Labute approximate surface area is 137 Å². The van der Waals surface area contributed by atoms with E-state index < -0.39 is 0 Å². The topological polar surface area (TPSA) is 0 Å². The molecule has 0 unspecified atom stereocenters. The van der Waals surface area contributed by atoms with Crippen LogP contribution in [0.1, 0.15) is 81.0 Å². The molecule has 0 spiro atoms. The van der Waals surface area contributed by atoms with Gasteiger partial charge >= 0.3 is 0 Å². The Morgan fingerprint density at radius 3 is 2.41 bits per heavy atom. The van der Waals surface area contributed by atoms with Crippen molar-refractivity contribution in [3.8, 4) is 0 Å². The fraction of sp³-hybridized carbons (Fsp3) is 0.545. The highest BCUT2D eigenvalue weighted by atomic mass is 14.2. The minimum atomic E-state index is 1.04. The Bertz CT molecular complexity index is 519. The zero-order valence-electron chi connectivity index (χ0n) is 14.6. The molecule has 0 atom stereocenters. The van der Waals surface area contributed by atoms with Crippen LogP contribution in [0.3, 0.4) is 0 Å². The van der Waals surface area contributed by atoms with Crippen LogP contribution in [0, 0.1) is 0 Å². The van der Waals surface area contributed by atoms with Crippen molar-refractivity contribution >= 4 is 6.08 Å². The number of allylic oxidation sites excluding steroid dienone is 2. The number of aryl methyl sites for hydroxylation is 1. The first-order chi connectivity index (χ1) is 10.8. The van der Waals surface area contributed by atoms with Gasteiger partial charge in [0, 0.05) is 0 Å². The third kappa shape index (κ3) is 4.35. The highest BCUT2D eigenvalue weighted by molar-refractivity contribution is 5.68. The van der Waals surface area contributed by atoms with Gasteiger partial charge in [0.15, 0.2) is 0 Å². The van der Waals surface area contributed by atoms with Crippen LogP contribution in [0.4, 0.5) is 0 Å². The van der Waals surface area contributed by atoms with Crippen LogP contribution in [0.2, 0.25) is 0 Å². The molecule has 1 aliphatic carbocycles. The molecule has 0 N–H and O–H groups in total. The van der Waals surface area contributed by atoms with Gasteiger partial charge in [-0.25, -0.2) is 0 Å². The number of unbranched alkanes of at least 4 members (excludes halogenated alkanes) is 4. The quantitative estimate of drug-likeness (QED) is 0.334. The van der Waals surface area contributed by atoms with E-state index in [9.17, 15) is 0 Å². The van der Waals surface area contributed by atoms with Crippen molar-refractivity contribution in [1.82, 2.24) is 0 Å². The minimum Gasteiger partial charge on any atom is -0.103 e. The SMILES string of the molecule is C=CCC1=Cc2c(ccc(CCCCC)c2CCCCC)C1. The predicted molar refractivity (Wildman–Crippen MR) is 99.4 cm³/mol. The normalized spacial score (nSPS) is 13.1. The lowest BCUT2D eigenvalue weighted by Crippen LogP contribution is -2.00. The van der Waals surface area contributed by atoms with Crippen LogP contribution in [-0.2, 0) is 19.3 Å². The van der Waals surface area contributed by atoms with Gasteiger partial charge in [0.1, 0.15) is 0 Å². The molecule has 120 valence electrons. The molecule has 0 amide bonds. The number of hydrogen-bond donors (Lipinski definition) is 0. The van der Waals surface area contributed by atoms with Gasteiger partial charge in [0.05, 0.1) is 0 Å². The number of rotatable bonds is 10. The summed E-state index contributed by atoms with van der Waals surface area (Å²) in [4.78, 5) is 0. The third-order valence-electron chi connectivity index (χ3n) is 4.80. The second-order valence-corrected chi connectivity index (χ2v) is 6.66. The van der Waals surface area contributed by atoms with Gasteiger partial charge in [-0.15, -0.1) is 6.58 Å². The van der Waals surface area contributed by atoms with Crippen molar-refractivity contribution < 1.29 is 0 Å². The first kappa shape index (κ1) is 17.1. The van der Waals surface area contributed by atoms with Gasteiger partial charge in [0.25, 0.3) is 0 Å². The Balaban J connectivity index is 2.22. The molecule has 1 aromatic carbocycles. The Morgan fingerprint density at radius 2 is 1.73 bits per heavy atom. The number of fused-ring (bicyclic) bond motifs is 1. The van der Waals surface area contributed by atoms with Gasteiger partial charge in [-0.3, -0.25) is 0 Å². The summed E-state index contributed by atoms with van der Waals surface area (Å²) in [7, 11) is 0. The van der Waals surface area contributed by atoms with Gasteiger partial charge in [-0.1, -0.05) is 69.4 Å². The Hall–Kier alpha value is -1.30. The molecule has 0 aliphatic heterocycles. The molecule has 1 aliphatic rings. The molecule has 0 radical (unpaired) electrons. The van der Waals surface area contributed by atoms with Crippen molar-refractivity contribution in [2.45, 2.75) is 78.1 Å². The van der Waals surface area contributed by atoms with E-state index in [4.69, 9.17) is 0 Å². The van der Waals surface area contributed by atoms with Gasteiger partial charge < -0.3 is 0 Å². The predicted octanol–water partition coefficient (Wildman–Crippen LogP) is 6.67. The maximum atomic E-state index is 3.90. The van der Waals surface area contributed by atoms with E-state index in [2.05, 4.69) is 38.6 Å². The van der Waals surface area contributed by atoms with Crippen molar-refractivity contribution in [1.29, 1.82) is 0 Å². The lowest BCUT2D eigenvalue weighted by atomic mass is 9.91. The summed E-state index contributed by atoms with van der Waals surface area (Å²) < 4.78 is 0. The molecule has 0 fully saturated rings. The lowest BCUT2D eigenvalue weighted by Gasteiger charge is -2.14. The standard InChI is InChI=1S/C22H32/c1-4-7-9-12-19-14-15-20-16-18(11-6-3)17-22(20)21(19)13-10-8-5-2/h6,14-15,17H,3-5,7-13,16H2,1-2H3. The van der Waals surface area contributed by atoms with E-state index in [1.807, 2.05) is 6.08 Å². The van der Waals surface area contributed by atoms with E-state index in [1.165, 1.54) is 56.9 Å². The molecule has 1 aromatic rings. The van der Waals surface area contributed by atoms with Crippen LogP contribution in [-0.4, -0.2) is 0 Å². The van der Waals surface area contributed by atoms with Gasteiger partial charge in [-0.05, 0) is 60.8 Å². The highest BCUT2D eigenvalue weighted by Crippen LogP contribution is 2.33. The summed E-state index contributed by atoms with van der Waals surface area (Å²) in [6.45, 7) is 8.47. The van der Waals surface area contributed by atoms with Crippen LogP contribution in [0.15, 0.2) is 30.4 Å². The molecule has 0 nitrogen and oxygen atoms in total. The molecule has 2 rings (SSSR count). The lowest BCUT2D eigenvalue weighted by molar-refractivity contribution is 0.692. The molecular formula is C22H32. The summed E-state index contributed by atoms with van der Waals surface area (Å²) in [5.74, 6) is 0. The second-order valence-electron chi connectivity index (χ2n) is 6.66. The van der Waals surface area contributed by atoms with Crippen LogP contribution in [0.5, 0.6) is 0 Å². The molecular weight excluding hydrogens is 264 g/mol. The van der Waals surface area contributed by atoms with Gasteiger partial charge in [0.2, 0.25) is 0 Å². The fourth-order valence-electron chi connectivity index (χ4n) is 3.56. The minimum absolute atomic E-state index is 1.04. The first-order valence-electron chi connectivity index (χ1n) is 9.24. The average molecular weight is 296 g/mol. The summed E-state index contributed by atoms with van der Waals surface area (Å²) >= 11 is 0. The van der Waals surface area contributed by atoms with Crippen molar-refractivity contribution in [3.05, 3.63) is 52.6 Å². The Kier molecular flexibility index (Phi) is 6.96. The highest BCUT2D eigenvalue weighted by Gasteiger charge is 2.17. The molecule has 0 saturated carbocycles. The number of benzene rings is 1. The van der Waals surface area contributed by atoms with Gasteiger partial charge in [-0.2, -0.15) is 0 Å². The monoisotopic (exact) mass is 296 g/mol. The van der Waals surface area contributed by atoms with E-state index in [0.29, 0.717) is 0 Å². The largest absolute Gasteiger partial charge is 0.103 e. The number of hydrogen-bond acceptors (Lipinski definition) is 0. The second kappa shape index (κ2) is 8.98. The molecule has 0 saturated heterocycles. The smallest absolute Gasteiger partial charge is 0.00546 e. The average Bonchev–Trinajstić information content (AvgIpc) is 2.92. The van der Waals surface area contributed by atoms with Crippen molar-refractivity contribution in [3.63, 3.8) is 0 Å². The zero-order chi connectivity index (χ0) is 15.8. The molecule has 22 heavy (non-hydrogen) atoms. The third-order valence-corrected chi connectivity index (χ3v) is 4.80. The van der Waals surface area contributed by atoms with E-state index >= 15 is 0 Å². The summed E-state index contributed by atoms with van der Waals surface area (Å²) in [6.07, 6.45) is 17.2. The van der Waals surface area contributed by atoms with E-state index in [-0.39, 0.29) is 0 Å². The van der Waals surface area contributed by atoms with Crippen molar-refractivity contribution in [2.24, 2.45) is 0 Å². The molecule has 0 bridgehead atoms. The Morgan fingerprint density at radius 1 is 1.00 bits per heavy atom. The zero-order valence-corrected chi connectivity index (χ0v) is 14.6. The van der Waals surface area contributed by atoms with Crippen LogP contribution in [0.25, 0.3) is 6.08 Å². The summed E-state index contributed by atoms with van der Waals surface area (Å²) in [6, 6.07) is 4.80. The molecule has 0 heteroatoms. The summed E-state index contributed by atoms with van der Waals surface area (Å²) in [5.41, 5.74) is 7.90. The van der Waals surface area contributed by atoms with E-state index in [1.54, 1.807) is 22.3 Å². The van der Waals surface area contributed by atoms with Crippen molar-refractivity contribution in [2.75, 3.05) is 0 Å². The maximum Gasteiger partial charge on any atom is -0.00546 e. The molecule has 0 aromatic heterocycles. The fourth-order valence-corrected chi connectivity index (χ4v) is 3.56. The van der Waals surface area contributed by atoms with E-state index in [0.717, 1.165) is 12.8 Å². The molecule has 0 heterocycles.